The van der Waals surface area contributed by atoms with Crippen LogP contribution in [0.25, 0.3) is 0 Å². The molecule has 3 aromatic carbocycles. The second kappa shape index (κ2) is 14.0. The number of hydrogen-bond acceptors (Lipinski definition) is 10. The third kappa shape index (κ3) is 7.04. The lowest BCUT2D eigenvalue weighted by Gasteiger charge is -2.32. The van der Waals surface area contributed by atoms with Crippen LogP contribution < -0.4 is 0 Å². The van der Waals surface area contributed by atoms with E-state index in [0.717, 1.165) is 16.7 Å². The standard InChI is InChI=1S/C33H36N4O6/c1-21-12-25(30(41)27(14-21)19-39)16-34-6-8-36-10-11-37(33(36)29-23(3)4-5-24(18-38)32(29)43)9-7-35-17-26-13-22(2)15-28(20-40)31(26)42/h4-5,12-20,33,41-43H,6-11H2,1-3H3. The van der Waals surface area contributed by atoms with Crippen molar-refractivity contribution < 1.29 is 29.7 Å². The molecule has 4 rings (SSSR count). The van der Waals surface area contributed by atoms with Crippen molar-refractivity contribution in [3.8, 4) is 17.2 Å². The number of carbonyl (C=O) groups excluding carboxylic acids is 3. The number of aromatic hydroxyl groups is 3. The Balaban J connectivity index is 1.53. The number of rotatable bonds is 12. The first kappa shape index (κ1) is 31.3. The number of aliphatic imine (C=N–C) groups is 2. The van der Waals surface area contributed by atoms with Crippen LogP contribution in [0, 0.1) is 20.8 Å². The van der Waals surface area contributed by atoms with Crippen molar-refractivity contribution in [1.82, 2.24) is 9.80 Å². The highest BCUT2D eigenvalue weighted by molar-refractivity contribution is 5.91. The summed E-state index contributed by atoms with van der Waals surface area (Å²) in [7, 11) is 0. The molecule has 43 heavy (non-hydrogen) atoms. The molecule has 1 aliphatic heterocycles. The van der Waals surface area contributed by atoms with E-state index in [9.17, 15) is 29.7 Å². The van der Waals surface area contributed by atoms with Gasteiger partial charge in [-0.3, -0.25) is 34.2 Å². The highest BCUT2D eigenvalue weighted by atomic mass is 16.3. The van der Waals surface area contributed by atoms with Crippen LogP contribution in [0.1, 0.15) is 70.6 Å². The number of carbonyl (C=O) groups is 3. The molecule has 0 aromatic heterocycles. The van der Waals surface area contributed by atoms with Crippen LogP contribution in [0.4, 0.5) is 0 Å². The number of aryl methyl sites for hydroxylation is 3. The number of phenolic OH excluding ortho intramolecular Hbond substituents is 3. The predicted molar refractivity (Wildman–Crippen MR) is 166 cm³/mol. The maximum atomic E-state index is 11.6. The Bertz CT molecular complexity index is 1500. The van der Waals surface area contributed by atoms with Gasteiger partial charge in [0.25, 0.3) is 0 Å². The topological polar surface area (TPSA) is 143 Å². The second-order valence-corrected chi connectivity index (χ2v) is 10.7. The lowest BCUT2D eigenvalue weighted by molar-refractivity contribution is 0.111. The zero-order valence-electron chi connectivity index (χ0n) is 24.5. The minimum Gasteiger partial charge on any atom is -0.507 e. The van der Waals surface area contributed by atoms with Crippen LogP contribution in [0.2, 0.25) is 0 Å². The molecular weight excluding hydrogens is 548 g/mol. The van der Waals surface area contributed by atoms with Crippen molar-refractivity contribution in [3.05, 3.63) is 86.5 Å². The Morgan fingerprint density at radius 2 is 1.12 bits per heavy atom. The summed E-state index contributed by atoms with van der Waals surface area (Å²) in [5.74, 6) is -0.272. The monoisotopic (exact) mass is 584 g/mol. The molecule has 0 aliphatic carbocycles. The predicted octanol–water partition coefficient (Wildman–Crippen LogP) is 4.02. The number of hydrogen-bond donors (Lipinski definition) is 3. The molecule has 0 spiro atoms. The van der Waals surface area contributed by atoms with Crippen LogP contribution in [-0.4, -0.2) is 95.7 Å². The molecule has 0 radical (unpaired) electrons. The summed E-state index contributed by atoms with van der Waals surface area (Å²) in [5, 5.41) is 31.8. The first-order valence-corrected chi connectivity index (χ1v) is 14.0. The molecule has 0 amide bonds. The highest BCUT2D eigenvalue weighted by Gasteiger charge is 2.35. The zero-order chi connectivity index (χ0) is 31.1. The molecule has 0 unspecified atom stereocenters. The third-order valence-electron chi connectivity index (χ3n) is 7.59. The molecule has 10 nitrogen and oxygen atoms in total. The van der Waals surface area contributed by atoms with Crippen molar-refractivity contribution >= 4 is 31.3 Å². The van der Waals surface area contributed by atoms with Crippen LogP contribution in [-0.2, 0) is 0 Å². The summed E-state index contributed by atoms with van der Waals surface area (Å²) in [5.41, 5.74) is 4.72. The van der Waals surface area contributed by atoms with Crippen molar-refractivity contribution in [2.75, 3.05) is 39.3 Å². The maximum absolute atomic E-state index is 11.6. The molecule has 0 saturated carbocycles. The molecule has 1 aliphatic rings. The SMILES string of the molecule is Cc1cc(C=O)c(O)c(C=NCCN2CCN(CCN=Cc3cc(C)cc(C=O)c3O)C2c2c(C)ccc(C=O)c2O)c1. The van der Waals surface area contributed by atoms with Crippen molar-refractivity contribution in [2.45, 2.75) is 26.9 Å². The Kier molecular flexibility index (Phi) is 10.2. The average Bonchev–Trinajstić information content (AvgIpc) is 3.38. The van der Waals surface area contributed by atoms with Gasteiger partial charge in [0.1, 0.15) is 17.2 Å². The van der Waals surface area contributed by atoms with E-state index in [0.29, 0.717) is 74.8 Å². The number of aldehydes is 3. The molecule has 224 valence electrons. The van der Waals surface area contributed by atoms with Crippen molar-refractivity contribution in [3.63, 3.8) is 0 Å². The van der Waals surface area contributed by atoms with Crippen LogP contribution in [0.15, 0.2) is 46.4 Å². The molecule has 3 N–H and O–H groups in total. The van der Waals surface area contributed by atoms with Gasteiger partial charge >= 0.3 is 0 Å². The van der Waals surface area contributed by atoms with E-state index < -0.39 is 0 Å². The Hall–Kier alpha value is -4.67. The minimum absolute atomic E-state index is 0.0546. The van der Waals surface area contributed by atoms with Crippen molar-refractivity contribution in [2.24, 2.45) is 9.98 Å². The largest absolute Gasteiger partial charge is 0.507 e. The van der Waals surface area contributed by atoms with Gasteiger partial charge in [0.2, 0.25) is 0 Å². The Morgan fingerprint density at radius 1 is 0.674 bits per heavy atom. The van der Waals surface area contributed by atoms with Gasteiger partial charge in [-0.15, -0.1) is 0 Å². The Morgan fingerprint density at radius 3 is 1.56 bits per heavy atom. The summed E-state index contributed by atoms with van der Waals surface area (Å²) >= 11 is 0. The molecule has 0 atom stereocenters. The van der Waals surface area contributed by atoms with E-state index >= 15 is 0 Å². The average molecular weight is 585 g/mol. The molecule has 1 fully saturated rings. The fraction of sp³-hybridized carbons (Fsp3) is 0.303. The lowest BCUT2D eigenvalue weighted by Crippen LogP contribution is -2.34. The Labute approximate surface area is 250 Å². The third-order valence-corrected chi connectivity index (χ3v) is 7.59. The molecule has 1 saturated heterocycles. The fourth-order valence-corrected chi connectivity index (χ4v) is 5.46. The van der Waals surface area contributed by atoms with E-state index in [1.807, 2.05) is 26.8 Å². The summed E-state index contributed by atoms with van der Waals surface area (Å²) < 4.78 is 0. The van der Waals surface area contributed by atoms with Gasteiger partial charge < -0.3 is 15.3 Å². The first-order valence-electron chi connectivity index (χ1n) is 14.0. The van der Waals surface area contributed by atoms with E-state index in [1.54, 1.807) is 42.8 Å². The maximum Gasteiger partial charge on any atom is 0.153 e. The molecule has 10 heteroatoms. The van der Waals surface area contributed by atoms with Crippen LogP contribution >= 0.6 is 0 Å². The van der Waals surface area contributed by atoms with Crippen LogP contribution in [0.3, 0.4) is 0 Å². The fourth-order valence-electron chi connectivity index (χ4n) is 5.46. The molecule has 0 bridgehead atoms. The lowest BCUT2D eigenvalue weighted by atomic mass is 10.00. The number of phenols is 3. The molecule has 3 aromatic rings. The quantitative estimate of drug-likeness (QED) is 0.214. The van der Waals surface area contributed by atoms with Gasteiger partial charge in [0.15, 0.2) is 18.9 Å². The van der Waals surface area contributed by atoms with E-state index in [2.05, 4.69) is 19.8 Å². The van der Waals surface area contributed by atoms with Gasteiger partial charge in [0.05, 0.1) is 35.9 Å². The second-order valence-electron chi connectivity index (χ2n) is 10.7. The van der Waals surface area contributed by atoms with Gasteiger partial charge in [0, 0.05) is 55.3 Å². The normalized spacial score (nSPS) is 15.9. The highest BCUT2D eigenvalue weighted by Crippen LogP contribution is 2.38. The summed E-state index contributed by atoms with van der Waals surface area (Å²) in [6.45, 7) is 8.78. The summed E-state index contributed by atoms with van der Waals surface area (Å²) in [4.78, 5) is 47.5. The van der Waals surface area contributed by atoms with Gasteiger partial charge in [-0.2, -0.15) is 0 Å². The van der Waals surface area contributed by atoms with Gasteiger partial charge in [-0.25, -0.2) is 0 Å². The van der Waals surface area contributed by atoms with Crippen molar-refractivity contribution in [1.29, 1.82) is 0 Å². The minimum atomic E-state index is -0.339. The molecule has 1 heterocycles. The van der Waals surface area contributed by atoms with Gasteiger partial charge in [-0.05, 0) is 67.8 Å². The van der Waals surface area contributed by atoms with E-state index in [-0.39, 0.29) is 40.1 Å². The first-order chi connectivity index (χ1) is 20.7. The van der Waals surface area contributed by atoms with E-state index in [1.165, 1.54) is 0 Å². The number of nitrogens with zero attached hydrogens (tertiary/aromatic N) is 4. The molecular formula is C33H36N4O6. The summed E-state index contributed by atoms with van der Waals surface area (Å²) in [6.07, 6.45) is 4.63. The smallest absolute Gasteiger partial charge is 0.153 e. The van der Waals surface area contributed by atoms with Gasteiger partial charge in [-0.1, -0.05) is 6.07 Å². The zero-order valence-corrected chi connectivity index (χ0v) is 24.5. The van der Waals surface area contributed by atoms with Crippen LogP contribution in [0.5, 0.6) is 17.2 Å². The summed E-state index contributed by atoms with van der Waals surface area (Å²) in [6, 6.07) is 10.2. The van der Waals surface area contributed by atoms with E-state index in [4.69, 9.17) is 0 Å². The number of benzene rings is 3.